The quantitative estimate of drug-likeness (QED) is 0.152. The lowest BCUT2D eigenvalue weighted by Crippen LogP contribution is -2.09. The van der Waals surface area contributed by atoms with E-state index >= 15 is 0 Å². The molecule has 0 aliphatic heterocycles. The minimum atomic E-state index is 0.883. The highest BCUT2D eigenvalue weighted by Crippen LogP contribution is 2.43. The van der Waals surface area contributed by atoms with Gasteiger partial charge in [0.15, 0.2) is 0 Å². The highest BCUT2D eigenvalue weighted by molar-refractivity contribution is 6.11. The molecule has 11 aromatic carbocycles. The molecule has 0 saturated heterocycles. The van der Waals surface area contributed by atoms with E-state index in [1.807, 2.05) is 12.1 Å². The molecule has 0 saturated carbocycles. The third-order valence-corrected chi connectivity index (χ3v) is 13.4. The molecule has 0 spiro atoms. The number of fused-ring (bicyclic) bond motifs is 7. The van der Waals surface area contributed by atoms with Gasteiger partial charge >= 0.3 is 0 Å². The minimum Gasteiger partial charge on any atom is -0.456 e. The van der Waals surface area contributed by atoms with Gasteiger partial charge in [-0.15, -0.1) is 0 Å². The normalized spacial score (nSPS) is 11.6. The van der Waals surface area contributed by atoms with Gasteiger partial charge in [0.05, 0.1) is 11.0 Å². The zero-order chi connectivity index (χ0) is 44.3. The van der Waals surface area contributed by atoms with Gasteiger partial charge in [0.25, 0.3) is 0 Å². The summed E-state index contributed by atoms with van der Waals surface area (Å²) >= 11 is 0. The standard InChI is InChI=1S/C64H42N2O/c1-3-14-43(15-4-1)45-26-32-52(33-27-45)66-61-24-11-9-22-56(61)57-36-30-48(42-62(57)66)47-29-35-55(59(40-47)50-31-37-64-60(41-50)58-23-10-12-25-63(58)67-64)49-18-13-21-53(39-49)65(51-19-5-2-6-20-51)54-34-28-44-16-7-8-17-46(44)38-54/h1-42H. The lowest BCUT2D eigenvalue weighted by molar-refractivity contribution is 0.669. The smallest absolute Gasteiger partial charge is 0.135 e. The predicted octanol–water partition coefficient (Wildman–Crippen LogP) is 18.0. The average molecular weight is 855 g/mol. The van der Waals surface area contributed by atoms with E-state index in [0.717, 1.165) is 78.1 Å². The van der Waals surface area contributed by atoms with E-state index < -0.39 is 0 Å². The number of hydrogen-bond acceptors (Lipinski definition) is 2. The van der Waals surface area contributed by atoms with E-state index in [9.17, 15) is 0 Å². The molecule has 0 N–H and O–H groups in total. The van der Waals surface area contributed by atoms with E-state index in [0.29, 0.717) is 0 Å². The average Bonchev–Trinajstić information content (AvgIpc) is 3.94. The summed E-state index contributed by atoms with van der Waals surface area (Å²) < 4.78 is 8.75. The first kappa shape index (κ1) is 38.5. The Morgan fingerprint density at radius 2 is 0.881 bits per heavy atom. The number of anilines is 3. The van der Waals surface area contributed by atoms with Crippen LogP contribution in [0.4, 0.5) is 17.1 Å². The lowest BCUT2D eigenvalue weighted by atomic mass is 9.90. The summed E-state index contributed by atoms with van der Waals surface area (Å²) in [5.74, 6) is 0. The summed E-state index contributed by atoms with van der Waals surface area (Å²) in [6, 6.07) is 92.1. The van der Waals surface area contributed by atoms with Crippen LogP contribution in [-0.4, -0.2) is 4.57 Å². The van der Waals surface area contributed by atoms with Crippen molar-refractivity contribution in [2.45, 2.75) is 0 Å². The van der Waals surface area contributed by atoms with E-state index in [-0.39, 0.29) is 0 Å². The van der Waals surface area contributed by atoms with Gasteiger partial charge < -0.3 is 13.9 Å². The van der Waals surface area contributed by atoms with Gasteiger partial charge in [0, 0.05) is 44.3 Å². The number of rotatable bonds is 8. The molecule has 0 atom stereocenters. The van der Waals surface area contributed by atoms with E-state index in [4.69, 9.17) is 4.42 Å². The van der Waals surface area contributed by atoms with Gasteiger partial charge in [0.1, 0.15) is 11.2 Å². The molecule has 3 nitrogen and oxygen atoms in total. The van der Waals surface area contributed by atoms with Crippen molar-refractivity contribution in [3.05, 3.63) is 255 Å². The first-order chi connectivity index (χ1) is 33.2. The summed E-state index contributed by atoms with van der Waals surface area (Å²) in [6.45, 7) is 0. The fraction of sp³-hybridized carbons (Fsp3) is 0. The van der Waals surface area contributed by atoms with Crippen molar-refractivity contribution in [2.24, 2.45) is 0 Å². The third kappa shape index (κ3) is 6.76. The van der Waals surface area contributed by atoms with Gasteiger partial charge in [-0.1, -0.05) is 170 Å². The molecule has 13 aromatic rings. The Morgan fingerprint density at radius 1 is 0.284 bits per heavy atom. The van der Waals surface area contributed by atoms with Crippen molar-refractivity contribution in [1.29, 1.82) is 0 Å². The Hall–Kier alpha value is -8.92. The van der Waals surface area contributed by atoms with Crippen molar-refractivity contribution < 1.29 is 4.42 Å². The van der Waals surface area contributed by atoms with Crippen LogP contribution in [0.3, 0.4) is 0 Å². The van der Waals surface area contributed by atoms with Gasteiger partial charge in [-0.05, 0) is 140 Å². The molecule has 3 heteroatoms. The van der Waals surface area contributed by atoms with Gasteiger partial charge in [-0.2, -0.15) is 0 Å². The molecule has 0 unspecified atom stereocenters. The molecule has 67 heavy (non-hydrogen) atoms. The summed E-state index contributed by atoms with van der Waals surface area (Å²) in [5.41, 5.74) is 17.8. The molecule has 0 aliphatic carbocycles. The third-order valence-electron chi connectivity index (χ3n) is 13.4. The molecule has 2 heterocycles. The number of para-hydroxylation sites is 3. The molecule has 0 aliphatic rings. The molecule has 2 aromatic heterocycles. The van der Waals surface area contributed by atoms with Crippen molar-refractivity contribution in [3.8, 4) is 50.2 Å². The molecule has 13 rings (SSSR count). The van der Waals surface area contributed by atoms with Crippen LogP contribution < -0.4 is 4.90 Å². The summed E-state index contributed by atoms with van der Waals surface area (Å²) in [5, 5.41) is 7.11. The monoisotopic (exact) mass is 854 g/mol. The van der Waals surface area contributed by atoms with Crippen molar-refractivity contribution in [1.82, 2.24) is 4.57 Å². The van der Waals surface area contributed by atoms with Gasteiger partial charge in [-0.25, -0.2) is 0 Å². The van der Waals surface area contributed by atoms with Crippen molar-refractivity contribution >= 4 is 71.6 Å². The SMILES string of the molecule is c1ccc(-c2ccc(-n3c4ccccc4c4ccc(-c5ccc(-c6cccc(N(c7ccccc7)c7ccc8ccccc8c7)c6)c(-c6ccc7oc8ccccc8c7c6)c5)cc43)cc2)cc1. The second kappa shape index (κ2) is 16.0. The Labute approximate surface area is 388 Å². The molecule has 0 amide bonds. The van der Waals surface area contributed by atoms with Gasteiger partial charge in [0.2, 0.25) is 0 Å². The Bertz CT molecular complexity index is 3980. The highest BCUT2D eigenvalue weighted by atomic mass is 16.3. The number of nitrogens with zero attached hydrogens (tertiary/aromatic N) is 2. The Morgan fingerprint density at radius 3 is 1.75 bits per heavy atom. The fourth-order valence-electron chi connectivity index (χ4n) is 10.1. The topological polar surface area (TPSA) is 21.3 Å². The largest absolute Gasteiger partial charge is 0.456 e. The molecule has 314 valence electrons. The zero-order valence-corrected chi connectivity index (χ0v) is 36.6. The molecule has 0 fully saturated rings. The number of furan rings is 1. The second-order valence-electron chi connectivity index (χ2n) is 17.3. The van der Waals surface area contributed by atoms with Crippen LogP contribution >= 0.6 is 0 Å². The molecular weight excluding hydrogens is 813 g/mol. The fourth-order valence-corrected chi connectivity index (χ4v) is 10.1. The number of aromatic nitrogens is 1. The first-order valence-electron chi connectivity index (χ1n) is 22.9. The molecule has 0 bridgehead atoms. The second-order valence-corrected chi connectivity index (χ2v) is 17.3. The zero-order valence-electron chi connectivity index (χ0n) is 36.6. The molecule has 0 radical (unpaired) electrons. The maximum atomic E-state index is 6.34. The van der Waals surface area contributed by atoms with Crippen LogP contribution in [0, 0.1) is 0 Å². The van der Waals surface area contributed by atoms with E-state index in [1.165, 1.54) is 43.7 Å². The maximum Gasteiger partial charge on any atom is 0.135 e. The minimum absolute atomic E-state index is 0.883. The molecular formula is C64H42N2O. The number of benzene rings is 11. The maximum absolute atomic E-state index is 6.34. The Kier molecular flexibility index (Phi) is 9.17. The highest BCUT2D eigenvalue weighted by Gasteiger charge is 2.19. The predicted molar refractivity (Wildman–Crippen MR) is 282 cm³/mol. The van der Waals surface area contributed by atoms with Crippen LogP contribution in [0.5, 0.6) is 0 Å². The van der Waals surface area contributed by atoms with Crippen LogP contribution in [0.1, 0.15) is 0 Å². The van der Waals surface area contributed by atoms with Crippen LogP contribution in [0.2, 0.25) is 0 Å². The summed E-state index contributed by atoms with van der Waals surface area (Å²) in [4.78, 5) is 2.36. The summed E-state index contributed by atoms with van der Waals surface area (Å²) in [7, 11) is 0. The van der Waals surface area contributed by atoms with Gasteiger partial charge in [-0.3, -0.25) is 0 Å². The van der Waals surface area contributed by atoms with Crippen LogP contribution in [0.15, 0.2) is 259 Å². The first-order valence-corrected chi connectivity index (χ1v) is 22.9. The number of hydrogen-bond donors (Lipinski definition) is 0. The van der Waals surface area contributed by atoms with Crippen LogP contribution in [-0.2, 0) is 0 Å². The van der Waals surface area contributed by atoms with Crippen molar-refractivity contribution in [3.63, 3.8) is 0 Å². The van der Waals surface area contributed by atoms with Crippen molar-refractivity contribution in [2.75, 3.05) is 4.90 Å². The van der Waals surface area contributed by atoms with E-state index in [2.05, 4.69) is 252 Å². The lowest BCUT2D eigenvalue weighted by Gasteiger charge is -2.26. The van der Waals surface area contributed by atoms with E-state index in [1.54, 1.807) is 0 Å². The summed E-state index contributed by atoms with van der Waals surface area (Å²) in [6.07, 6.45) is 0. The Balaban J connectivity index is 0.979. The van der Waals surface area contributed by atoms with Crippen LogP contribution in [0.25, 0.3) is 105 Å².